The van der Waals surface area contributed by atoms with E-state index in [1.807, 2.05) is 0 Å². The van der Waals surface area contributed by atoms with Crippen LogP contribution in [0.25, 0.3) is 0 Å². The summed E-state index contributed by atoms with van der Waals surface area (Å²) in [6, 6.07) is 0. The highest BCUT2D eigenvalue weighted by atomic mass is 32.2. The van der Waals surface area contributed by atoms with Gasteiger partial charge in [0.25, 0.3) is 0 Å². The predicted molar refractivity (Wildman–Crippen MR) is 426 cm³/mol. The molecule has 4 fully saturated rings. The molecule has 0 radical (unpaired) electrons. The molecule has 13 atom stereocenters. The molecule has 0 aromatic heterocycles. The lowest BCUT2D eigenvalue weighted by Gasteiger charge is -2.39. The van der Waals surface area contributed by atoms with Crippen LogP contribution in [-0.4, -0.2) is 32.2 Å². The molecule has 0 heterocycles. The molecule has 91 heavy (non-hydrogen) atoms. The van der Waals surface area contributed by atoms with E-state index in [1.54, 1.807) is 0 Å². The molecule has 0 N–H and O–H groups in total. The Morgan fingerprint density at radius 2 is 0.418 bits per heavy atom. The summed E-state index contributed by atoms with van der Waals surface area (Å²) in [5, 5.41) is 0. The molecule has 4 heteroatoms. The van der Waals surface area contributed by atoms with Crippen LogP contribution >= 0.6 is 47.0 Å². The van der Waals surface area contributed by atoms with E-state index < -0.39 is 0 Å². The maximum Gasteiger partial charge on any atom is 0.0502 e. The fourth-order valence-electron chi connectivity index (χ4n) is 17.3. The van der Waals surface area contributed by atoms with E-state index in [0.717, 1.165) is 80.2 Å². The summed E-state index contributed by atoms with van der Waals surface area (Å²) in [4.78, 5) is 0. The van der Waals surface area contributed by atoms with E-state index >= 15 is 0 Å². The molecular formula is C87H168S4. The highest BCUT2D eigenvalue weighted by Crippen LogP contribution is 2.50. The van der Waals surface area contributed by atoms with E-state index in [1.165, 1.54) is 261 Å². The van der Waals surface area contributed by atoms with E-state index in [-0.39, 0.29) is 0 Å². The Morgan fingerprint density at radius 1 is 0.220 bits per heavy atom. The first-order valence-corrected chi connectivity index (χ1v) is 44.7. The normalized spacial score (nSPS) is 28.0. The van der Waals surface area contributed by atoms with Gasteiger partial charge in [-0.05, 0) is 330 Å². The monoisotopic (exact) mass is 1340 g/mol. The lowest BCUT2D eigenvalue weighted by Crippen LogP contribution is -2.28. The minimum atomic E-state index is 0.440. The molecule has 540 valence electrons. The Hall–Kier alpha value is 1.40. The Morgan fingerprint density at radius 3 is 0.681 bits per heavy atom. The number of hydrogen-bond acceptors (Lipinski definition) is 4. The van der Waals surface area contributed by atoms with Crippen LogP contribution in [0.2, 0.25) is 0 Å². The van der Waals surface area contributed by atoms with Gasteiger partial charge < -0.3 is 0 Å². The van der Waals surface area contributed by atoms with Gasteiger partial charge in [-0.1, -0.05) is 211 Å². The molecule has 0 aromatic rings. The lowest BCUT2D eigenvalue weighted by molar-refractivity contribution is 0.131. The van der Waals surface area contributed by atoms with Crippen molar-refractivity contribution in [2.45, 2.75) is 413 Å². The third-order valence-corrected chi connectivity index (χ3v) is 29.8. The van der Waals surface area contributed by atoms with Crippen molar-refractivity contribution in [3.63, 3.8) is 0 Å². The van der Waals surface area contributed by atoms with E-state index in [9.17, 15) is 0 Å². The van der Waals surface area contributed by atoms with E-state index in [0.29, 0.717) is 43.3 Å². The van der Waals surface area contributed by atoms with Crippen molar-refractivity contribution < 1.29 is 0 Å². The Labute approximate surface area is 593 Å². The van der Waals surface area contributed by atoms with Crippen molar-refractivity contribution in [3.05, 3.63) is 0 Å². The van der Waals surface area contributed by atoms with Gasteiger partial charge >= 0.3 is 0 Å². The molecule has 4 aliphatic carbocycles. The van der Waals surface area contributed by atoms with Crippen LogP contribution in [0.3, 0.4) is 0 Å². The van der Waals surface area contributed by atoms with Gasteiger partial charge in [0.2, 0.25) is 0 Å². The highest BCUT2D eigenvalue weighted by Gasteiger charge is 2.37. The number of thioether (sulfide) groups is 4. The summed E-state index contributed by atoms with van der Waals surface area (Å²) in [7, 11) is 0. The SMILES string of the molecule is CC(C)(C)CCC1CCC(CCC(C)(C)C)C(CCSC(CCCCCC(SCCC2CCC(CCC(C)(C)C)CC2CCC(C)(C)C)SCCC2CCC(CCC(C)(C)C)CC2CCC(C)(C)C)SCCC2CCC(CCC(C)(C)C)C(CCC(C)(C)C)C2)C1. The van der Waals surface area contributed by atoms with Crippen LogP contribution in [-0.2, 0) is 0 Å². The van der Waals surface area contributed by atoms with Gasteiger partial charge in [-0.15, -0.1) is 47.0 Å². The molecule has 0 bridgehead atoms. The molecule has 0 aliphatic heterocycles. The standard InChI is InChI=1S/C87H168S4/c1-80(2,3)50-38-66-31-36-72(75(62-66)44-56-86(19,20)21)47-59-89-79(90-60-48-73-37-32-67(39-51-81(4,5)6)63-76(73)45-57-87(22,23)24)29-27-25-26-28-78(88-58-46-69-33-35-70(41-53-83(10,11)12)74(65-69)43-55-85(16,17)18)91-61-49-77-64-68(40-52-82(7,8)9)30-34-71(77)42-54-84(13,14)15/h66-79H,25-65H2,1-24H3. The van der Waals surface area contributed by atoms with E-state index in [2.05, 4.69) is 213 Å². The highest BCUT2D eigenvalue weighted by molar-refractivity contribution is 8.17. The maximum absolute atomic E-state index is 2.50. The minimum Gasteiger partial charge on any atom is -0.148 e. The van der Waals surface area contributed by atoms with Gasteiger partial charge in [-0.3, -0.25) is 0 Å². The predicted octanol–water partition coefficient (Wildman–Crippen LogP) is 30.8. The smallest absolute Gasteiger partial charge is 0.0502 e. The zero-order valence-corrected chi connectivity index (χ0v) is 70.0. The zero-order chi connectivity index (χ0) is 67.9. The second-order valence-electron chi connectivity index (χ2n) is 42.7. The van der Waals surface area contributed by atoms with Crippen molar-refractivity contribution in [2.75, 3.05) is 23.0 Å². The molecular weight excluding hydrogens is 1170 g/mol. The minimum absolute atomic E-state index is 0.440. The Bertz CT molecular complexity index is 1790. The molecule has 4 rings (SSSR count). The molecule has 0 amide bonds. The quantitative estimate of drug-likeness (QED) is 0.0446. The van der Waals surface area contributed by atoms with E-state index in [4.69, 9.17) is 0 Å². The van der Waals surface area contributed by atoms with Crippen LogP contribution in [0, 0.1) is 114 Å². The van der Waals surface area contributed by atoms with Crippen LogP contribution in [0.15, 0.2) is 0 Å². The fourth-order valence-corrected chi connectivity index (χ4v) is 23.4. The molecule has 0 spiro atoms. The lowest BCUT2D eigenvalue weighted by atomic mass is 9.67. The van der Waals surface area contributed by atoms with Crippen LogP contribution < -0.4 is 0 Å². The first-order chi connectivity index (χ1) is 42.0. The van der Waals surface area contributed by atoms with Crippen LogP contribution in [0.5, 0.6) is 0 Å². The zero-order valence-electron chi connectivity index (χ0n) is 66.7. The third kappa shape index (κ3) is 41.0. The molecule has 4 saturated carbocycles. The number of hydrogen-bond donors (Lipinski definition) is 0. The van der Waals surface area contributed by atoms with Crippen molar-refractivity contribution in [2.24, 2.45) is 114 Å². The van der Waals surface area contributed by atoms with Gasteiger partial charge in [-0.25, -0.2) is 0 Å². The summed E-state index contributed by atoms with van der Waals surface area (Å²) in [5.74, 6) is 17.0. The molecule has 0 saturated heterocycles. The van der Waals surface area contributed by atoms with Gasteiger partial charge in [0.15, 0.2) is 0 Å². The average Bonchev–Trinajstić information content (AvgIpc) is 1.28. The van der Waals surface area contributed by atoms with Crippen molar-refractivity contribution in [1.29, 1.82) is 0 Å². The number of rotatable bonds is 38. The van der Waals surface area contributed by atoms with Gasteiger partial charge in [0.05, 0.1) is 9.16 Å². The summed E-state index contributed by atoms with van der Waals surface area (Å²) in [6.07, 6.45) is 53.9. The summed E-state index contributed by atoms with van der Waals surface area (Å²) < 4.78 is 1.55. The topological polar surface area (TPSA) is 0 Å². The largest absolute Gasteiger partial charge is 0.148 e. The van der Waals surface area contributed by atoms with Crippen molar-refractivity contribution in [1.82, 2.24) is 0 Å². The van der Waals surface area contributed by atoms with Crippen molar-refractivity contribution in [3.8, 4) is 0 Å². The molecule has 0 aromatic carbocycles. The van der Waals surface area contributed by atoms with Crippen LogP contribution in [0.4, 0.5) is 0 Å². The van der Waals surface area contributed by atoms with Gasteiger partial charge in [0, 0.05) is 0 Å². The first-order valence-electron chi connectivity index (χ1n) is 40.5. The third-order valence-electron chi connectivity index (χ3n) is 23.8. The van der Waals surface area contributed by atoms with Gasteiger partial charge in [-0.2, -0.15) is 0 Å². The van der Waals surface area contributed by atoms with Crippen LogP contribution in [0.1, 0.15) is 404 Å². The Balaban J connectivity index is 1.48. The first kappa shape index (κ1) is 84.8. The molecule has 4 aliphatic rings. The fraction of sp³-hybridized carbons (Fsp3) is 1.00. The van der Waals surface area contributed by atoms with Gasteiger partial charge in [0.1, 0.15) is 0 Å². The maximum atomic E-state index is 2.50. The summed E-state index contributed by atoms with van der Waals surface area (Å²) in [6.45, 7) is 59.6. The summed E-state index contributed by atoms with van der Waals surface area (Å²) in [5.41, 5.74) is 3.60. The second kappa shape index (κ2) is 40.1. The Kier molecular flexibility index (Phi) is 37.4. The molecule has 13 unspecified atom stereocenters. The second-order valence-corrected chi connectivity index (χ2v) is 48.6. The van der Waals surface area contributed by atoms with Crippen molar-refractivity contribution >= 4 is 47.0 Å². The molecule has 0 nitrogen and oxygen atoms in total. The average molecular weight is 1340 g/mol. The number of unbranched alkanes of at least 4 members (excludes halogenated alkanes) is 2. The summed E-state index contributed by atoms with van der Waals surface area (Å²) >= 11 is 9.80.